The minimum Gasteiger partial charge on any atom is -0.494 e. The largest absolute Gasteiger partial charge is 0.494 e. The molecular formula is C28H35N3O5S. The van der Waals surface area contributed by atoms with Crippen LogP contribution in [0.25, 0.3) is 0 Å². The van der Waals surface area contributed by atoms with Crippen LogP contribution in [0.4, 0.5) is 5.69 Å². The van der Waals surface area contributed by atoms with E-state index in [0.29, 0.717) is 19.7 Å². The van der Waals surface area contributed by atoms with E-state index in [1.165, 1.54) is 4.90 Å². The lowest BCUT2D eigenvalue weighted by molar-refractivity contribution is -0.144. The molecule has 0 saturated carbocycles. The molecule has 8 nitrogen and oxygen atoms in total. The molecule has 4 aliphatic rings. The summed E-state index contributed by atoms with van der Waals surface area (Å²) < 4.78 is 4.00. The molecule has 4 heterocycles. The number of rotatable bonds is 6. The van der Waals surface area contributed by atoms with Crippen molar-refractivity contribution >= 4 is 35.2 Å². The third-order valence-electron chi connectivity index (χ3n) is 8.01. The van der Waals surface area contributed by atoms with Gasteiger partial charge in [0.1, 0.15) is 11.8 Å². The predicted octanol–water partition coefficient (Wildman–Crippen LogP) is 2.47. The SMILES string of the molecule is CCOc1ccc(N2CC=C[C@]3(C)S[C@]45C=CCN(C(C)C)C(=O)C4N(CCO)C(=O)[C@@H]5[C@@H]3C2=O)cc1. The van der Waals surface area contributed by atoms with Crippen LogP contribution in [0.1, 0.15) is 27.7 Å². The number of hydrogen-bond donors (Lipinski definition) is 1. The number of amides is 3. The van der Waals surface area contributed by atoms with Gasteiger partial charge in [0, 0.05) is 36.1 Å². The van der Waals surface area contributed by atoms with Crippen molar-refractivity contribution in [3.8, 4) is 5.75 Å². The number of benzene rings is 1. The van der Waals surface area contributed by atoms with Crippen LogP contribution in [0.2, 0.25) is 0 Å². The van der Waals surface area contributed by atoms with Gasteiger partial charge in [0.2, 0.25) is 17.7 Å². The number of aliphatic hydroxyl groups is 1. The molecule has 2 fully saturated rings. The summed E-state index contributed by atoms with van der Waals surface area (Å²) in [7, 11) is 0. The summed E-state index contributed by atoms with van der Waals surface area (Å²) in [6.07, 6.45) is 8.02. The third-order valence-corrected chi connectivity index (χ3v) is 9.81. The van der Waals surface area contributed by atoms with Gasteiger partial charge in [-0.05, 0) is 52.0 Å². The minimum absolute atomic E-state index is 0.0402. The summed E-state index contributed by atoms with van der Waals surface area (Å²) in [5.41, 5.74) is 0.737. The molecule has 1 spiro atoms. The average Bonchev–Trinajstić information content (AvgIpc) is 3.11. The number of β-amino-alcohol motifs (C(OH)–C–C–N with tert-alkyl or cyclic N) is 1. The summed E-state index contributed by atoms with van der Waals surface area (Å²) in [4.78, 5) is 47.3. The van der Waals surface area contributed by atoms with Crippen LogP contribution < -0.4 is 9.64 Å². The lowest BCUT2D eigenvalue weighted by atomic mass is 9.74. The Kier molecular flexibility index (Phi) is 6.64. The van der Waals surface area contributed by atoms with Crippen LogP contribution in [-0.2, 0) is 14.4 Å². The Bertz CT molecular complexity index is 1150. The van der Waals surface area contributed by atoms with E-state index in [4.69, 9.17) is 4.74 Å². The number of likely N-dealkylation sites (tertiary alicyclic amines) is 1. The fourth-order valence-electron chi connectivity index (χ4n) is 6.47. The van der Waals surface area contributed by atoms with Crippen LogP contribution in [0.15, 0.2) is 48.6 Å². The second-order valence-electron chi connectivity index (χ2n) is 10.5. The standard InChI is InChI=1S/C28H35N3O5S/c1-5-36-20-10-8-19(9-11-20)30-15-6-12-27(4)21(24(30)33)22-25(34)31(16-17-32)23-26(35)29(18(2)3)14-7-13-28(22,23)37-27/h6-13,18,21-23,32H,5,14-17H2,1-4H3/t21-,22+,23?,27+,28+/m1/s1. The van der Waals surface area contributed by atoms with Crippen molar-refractivity contribution < 1.29 is 24.2 Å². The monoisotopic (exact) mass is 525 g/mol. The minimum atomic E-state index is -0.895. The number of hydrogen-bond acceptors (Lipinski definition) is 6. The third kappa shape index (κ3) is 3.89. The Morgan fingerprint density at radius 2 is 1.73 bits per heavy atom. The first-order valence-electron chi connectivity index (χ1n) is 13.0. The molecule has 3 amide bonds. The molecular weight excluding hydrogens is 490 g/mol. The normalized spacial score (nSPS) is 33.0. The molecule has 37 heavy (non-hydrogen) atoms. The van der Waals surface area contributed by atoms with Crippen molar-refractivity contribution in [1.29, 1.82) is 0 Å². The van der Waals surface area contributed by atoms with Crippen molar-refractivity contribution in [2.45, 2.75) is 49.3 Å². The highest BCUT2D eigenvalue weighted by Gasteiger charge is 2.73. The van der Waals surface area contributed by atoms with Gasteiger partial charge in [-0.2, -0.15) is 0 Å². The predicted molar refractivity (Wildman–Crippen MR) is 143 cm³/mol. The zero-order valence-electron chi connectivity index (χ0n) is 21.8. The van der Waals surface area contributed by atoms with Gasteiger partial charge in [0.15, 0.2) is 0 Å². The second-order valence-corrected chi connectivity index (χ2v) is 12.3. The Labute approximate surface area is 222 Å². The molecule has 0 radical (unpaired) electrons. The van der Waals surface area contributed by atoms with Gasteiger partial charge in [-0.3, -0.25) is 14.4 Å². The first-order chi connectivity index (χ1) is 17.7. The zero-order chi connectivity index (χ0) is 26.5. The molecule has 1 aromatic carbocycles. The number of aliphatic hydroxyl groups excluding tert-OH is 1. The van der Waals surface area contributed by atoms with Gasteiger partial charge in [-0.15, -0.1) is 11.8 Å². The highest BCUT2D eigenvalue weighted by Crippen LogP contribution is 2.65. The molecule has 2 saturated heterocycles. The fraction of sp³-hybridized carbons (Fsp3) is 0.536. The van der Waals surface area contributed by atoms with Gasteiger partial charge in [-0.25, -0.2) is 0 Å². The van der Waals surface area contributed by atoms with Gasteiger partial charge < -0.3 is 24.5 Å². The van der Waals surface area contributed by atoms with Gasteiger partial charge in [0.05, 0.1) is 29.8 Å². The van der Waals surface area contributed by atoms with Crippen LogP contribution in [0, 0.1) is 11.8 Å². The van der Waals surface area contributed by atoms with E-state index in [-0.39, 0.29) is 36.9 Å². The molecule has 198 valence electrons. The van der Waals surface area contributed by atoms with E-state index in [1.54, 1.807) is 21.6 Å². The highest BCUT2D eigenvalue weighted by atomic mass is 32.2. The molecule has 9 heteroatoms. The number of carbonyl (C=O) groups is 3. The number of fused-ring (bicyclic) bond motifs is 2. The maximum atomic E-state index is 14.3. The van der Waals surface area contributed by atoms with Crippen molar-refractivity contribution in [3.05, 3.63) is 48.6 Å². The summed E-state index contributed by atoms with van der Waals surface area (Å²) in [5.74, 6) is -1.14. The Morgan fingerprint density at radius 1 is 1.03 bits per heavy atom. The number of thioether (sulfide) groups is 1. The molecule has 0 aliphatic carbocycles. The molecule has 5 rings (SSSR count). The first kappa shape index (κ1) is 25.9. The molecule has 4 aliphatic heterocycles. The maximum absolute atomic E-state index is 14.3. The van der Waals surface area contributed by atoms with Crippen LogP contribution in [0.3, 0.4) is 0 Å². The summed E-state index contributed by atoms with van der Waals surface area (Å²) in [6.45, 7) is 9.07. The van der Waals surface area contributed by atoms with Gasteiger partial charge >= 0.3 is 0 Å². The smallest absolute Gasteiger partial charge is 0.247 e. The van der Waals surface area contributed by atoms with E-state index >= 15 is 0 Å². The Hall–Kier alpha value is -2.78. The van der Waals surface area contributed by atoms with Crippen molar-refractivity contribution in [1.82, 2.24) is 9.80 Å². The molecule has 0 aromatic heterocycles. The van der Waals surface area contributed by atoms with Gasteiger partial charge in [-0.1, -0.05) is 24.3 Å². The van der Waals surface area contributed by atoms with Crippen LogP contribution in [-0.4, -0.2) is 87.1 Å². The maximum Gasteiger partial charge on any atom is 0.247 e. The number of ether oxygens (including phenoxy) is 1. The highest BCUT2D eigenvalue weighted by molar-refractivity contribution is 8.02. The summed E-state index contributed by atoms with van der Waals surface area (Å²) in [6, 6.07) is 6.61. The molecule has 1 aromatic rings. The lowest BCUT2D eigenvalue weighted by Crippen LogP contribution is -2.55. The molecule has 1 N–H and O–H groups in total. The fourth-order valence-corrected chi connectivity index (χ4v) is 8.63. The molecule has 5 atom stereocenters. The second kappa shape index (κ2) is 9.51. The average molecular weight is 526 g/mol. The number of carbonyl (C=O) groups excluding carboxylic acids is 3. The lowest BCUT2D eigenvalue weighted by Gasteiger charge is -2.37. The molecule has 1 unspecified atom stereocenters. The van der Waals surface area contributed by atoms with E-state index in [1.807, 2.05) is 76.3 Å². The Balaban J connectivity index is 1.59. The van der Waals surface area contributed by atoms with Gasteiger partial charge in [0.25, 0.3) is 0 Å². The van der Waals surface area contributed by atoms with Crippen molar-refractivity contribution in [2.24, 2.45) is 11.8 Å². The number of anilines is 1. The van der Waals surface area contributed by atoms with E-state index < -0.39 is 27.4 Å². The summed E-state index contributed by atoms with van der Waals surface area (Å²) >= 11 is 1.55. The zero-order valence-corrected chi connectivity index (χ0v) is 22.6. The Morgan fingerprint density at radius 3 is 2.38 bits per heavy atom. The first-order valence-corrected chi connectivity index (χ1v) is 13.8. The van der Waals surface area contributed by atoms with Crippen LogP contribution in [0.5, 0.6) is 5.75 Å². The quantitative estimate of drug-likeness (QED) is 0.574. The molecule has 0 bridgehead atoms. The van der Waals surface area contributed by atoms with Crippen LogP contribution >= 0.6 is 11.8 Å². The van der Waals surface area contributed by atoms with E-state index in [9.17, 15) is 19.5 Å². The topological polar surface area (TPSA) is 90.4 Å². The van der Waals surface area contributed by atoms with E-state index in [0.717, 1.165) is 11.4 Å². The van der Waals surface area contributed by atoms with E-state index in [2.05, 4.69) is 0 Å². The van der Waals surface area contributed by atoms with Crippen molar-refractivity contribution in [2.75, 3.05) is 37.7 Å². The van der Waals surface area contributed by atoms with Crippen molar-refractivity contribution in [3.63, 3.8) is 0 Å². The summed E-state index contributed by atoms with van der Waals surface area (Å²) in [5, 5.41) is 9.82. The number of nitrogens with zero attached hydrogens (tertiary/aromatic N) is 3.